The molecule has 0 bridgehead atoms. The van der Waals surface area contributed by atoms with Gasteiger partial charge < -0.3 is 4.90 Å². The summed E-state index contributed by atoms with van der Waals surface area (Å²) in [5.74, 6) is 0. The van der Waals surface area contributed by atoms with Gasteiger partial charge in [0.25, 0.3) is 0 Å². The second-order valence-electron chi connectivity index (χ2n) is 17.2. The van der Waals surface area contributed by atoms with Gasteiger partial charge in [0.1, 0.15) is 0 Å². The molecule has 0 aliphatic heterocycles. The Hall–Kier alpha value is -8.52. The molecule has 1 aliphatic rings. The first kappa shape index (κ1) is 39.1. The molecule has 1 aliphatic carbocycles. The van der Waals surface area contributed by atoms with Gasteiger partial charge in [0, 0.05) is 16.9 Å². The molecule has 0 fully saturated rings. The zero-order chi connectivity index (χ0) is 43.9. The Morgan fingerprint density at radius 2 is 0.742 bits per heavy atom. The average molecular weight is 840 g/mol. The first-order valence-electron chi connectivity index (χ1n) is 22.8. The molecule has 1 nitrogen and oxygen atoms in total. The predicted octanol–water partition coefficient (Wildman–Crippen LogP) is 17.3. The summed E-state index contributed by atoms with van der Waals surface area (Å²) in [6, 6.07) is 100. The van der Waals surface area contributed by atoms with E-state index in [0.29, 0.717) is 0 Å². The summed E-state index contributed by atoms with van der Waals surface area (Å²) in [7, 11) is 0. The summed E-state index contributed by atoms with van der Waals surface area (Å²) >= 11 is 0. The summed E-state index contributed by atoms with van der Waals surface area (Å²) in [6.07, 6.45) is 0. The minimum Gasteiger partial charge on any atom is -0.310 e. The van der Waals surface area contributed by atoms with E-state index in [-0.39, 0.29) is 0 Å². The summed E-state index contributed by atoms with van der Waals surface area (Å²) < 4.78 is 0. The lowest BCUT2D eigenvalue weighted by Crippen LogP contribution is -2.28. The molecule has 0 atom stereocenters. The van der Waals surface area contributed by atoms with Crippen LogP contribution in [0, 0.1) is 0 Å². The second kappa shape index (κ2) is 16.6. The fourth-order valence-corrected chi connectivity index (χ4v) is 10.6. The van der Waals surface area contributed by atoms with Crippen LogP contribution in [0.15, 0.2) is 273 Å². The number of nitrogens with zero attached hydrogens (tertiary/aromatic N) is 1. The second-order valence-corrected chi connectivity index (χ2v) is 17.2. The Morgan fingerprint density at radius 3 is 1.47 bits per heavy atom. The van der Waals surface area contributed by atoms with Crippen LogP contribution < -0.4 is 4.90 Å². The van der Waals surface area contributed by atoms with Gasteiger partial charge in [-0.3, -0.25) is 0 Å². The van der Waals surface area contributed by atoms with Crippen LogP contribution in [0.1, 0.15) is 22.3 Å². The minimum absolute atomic E-state index is 0.519. The Morgan fingerprint density at radius 1 is 0.273 bits per heavy atom. The molecule has 11 aromatic rings. The Labute approximate surface area is 387 Å². The van der Waals surface area contributed by atoms with Crippen LogP contribution in [-0.4, -0.2) is 0 Å². The number of hydrogen-bond donors (Lipinski definition) is 0. The molecule has 11 aromatic carbocycles. The van der Waals surface area contributed by atoms with Crippen molar-refractivity contribution in [3.05, 3.63) is 295 Å². The fraction of sp³-hybridized carbons (Fsp3) is 0.0154. The highest BCUT2D eigenvalue weighted by molar-refractivity contribution is 5.99. The molecule has 1 heteroatoms. The Balaban J connectivity index is 1.04. The van der Waals surface area contributed by atoms with E-state index in [2.05, 4.69) is 278 Å². The van der Waals surface area contributed by atoms with Crippen molar-refractivity contribution >= 4 is 27.8 Å². The van der Waals surface area contributed by atoms with E-state index in [1.54, 1.807) is 0 Å². The number of hydrogen-bond acceptors (Lipinski definition) is 1. The molecule has 12 rings (SSSR count). The quantitative estimate of drug-likeness (QED) is 0.140. The van der Waals surface area contributed by atoms with E-state index in [4.69, 9.17) is 0 Å². The summed E-state index contributed by atoms with van der Waals surface area (Å²) in [4.78, 5) is 2.47. The van der Waals surface area contributed by atoms with Gasteiger partial charge in [0.2, 0.25) is 0 Å². The van der Waals surface area contributed by atoms with Gasteiger partial charge in [-0.15, -0.1) is 0 Å². The maximum absolute atomic E-state index is 2.47. The number of benzene rings is 11. The van der Waals surface area contributed by atoms with Gasteiger partial charge in [-0.05, 0) is 126 Å². The molecule has 66 heavy (non-hydrogen) atoms. The molecule has 0 aromatic heterocycles. The first-order valence-corrected chi connectivity index (χ1v) is 22.8. The van der Waals surface area contributed by atoms with E-state index in [1.165, 1.54) is 83.1 Å². The number of anilines is 3. The van der Waals surface area contributed by atoms with Crippen molar-refractivity contribution < 1.29 is 0 Å². The molecule has 0 radical (unpaired) electrons. The number of fused-ring (bicyclic) bond motifs is 4. The van der Waals surface area contributed by atoms with Crippen LogP contribution >= 0.6 is 0 Å². The SMILES string of the molecule is c1ccc(-c2cccc(-c3cccc(N(c4ccc(-c5cccc(-c6cccc7ccccc67)c5)cc4)c4cccc5c4-c4ccccc4C5(c4ccccc4)c4ccccc4)c3)c2)cc1. The molecule has 0 saturated carbocycles. The van der Waals surface area contributed by atoms with E-state index in [0.717, 1.165) is 22.6 Å². The zero-order valence-corrected chi connectivity index (χ0v) is 36.4. The van der Waals surface area contributed by atoms with E-state index in [9.17, 15) is 0 Å². The van der Waals surface area contributed by atoms with Crippen molar-refractivity contribution in [1.82, 2.24) is 0 Å². The van der Waals surface area contributed by atoms with Gasteiger partial charge in [-0.2, -0.15) is 0 Å². The van der Waals surface area contributed by atoms with Crippen LogP contribution in [0.2, 0.25) is 0 Å². The van der Waals surface area contributed by atoms with Crippen molar-refractivity contribution in [2.75, 3.05) is 4.90 Å². The van der Waals surface area contributed by atoms with Gasteiger partial charge >= 0.3 is 0 Å². The highest BCUT2D eigenvalue weighted by Crippen LogP contribution is 2.59. The number of rotatable bonds is 9. The Kier molecular flexibility index (Phi) is 9.81. The maximum Gasteiger partial charge on any atom is 0.0714 e. The van der Waals surface area contributed by atoms with Gasteiger partial charge in [0.15, 0.2) is 0 Å². The van der Waals surface area contributed by atoms with Gasteiger partial charge in [0.05, 0.1) is 11.1 Å². The molecule has 310 valence electrons. The molecule has 0 amide bonds. The van der Waals surface area contributed by atoms with Gasteiger partial charge in [-0.25, -0.2) is 0 Å². The van der Waals surface area contributed by atoms with E-state index < -0.39 is 5.41 Å². The maximum atomic E-state index is 2.47. The fourth-order valence-electron chi connectivity index (χ4n) is 10.6. The lowest BCUT2D eigenvalue weighted by molar-refractivity contribution is 0.768. The largest absolute Gasteiger partial charge is 0.310 e. The minimum atomic E-state index is -0.519. The highest BCUT2D eigenvalue weighted by atomic mass is 15.1. The predicted molar refractivity (Wildman–Crippen MR) is 278 cm³/mol. The van der Waals surface area contributed by atoms with E-state index in [1.807, 2.05) is 0 Å². The monoisotopic (exact) mass is 839 g/mol. The molecule has 0 heterocycles. The van der Waals surface area contributed by atoms with Crippen LogP contribution in [0.25, 0.3) is 66.4 Å². The standard InChI is InChI=1S/C65H45N/c1-4-19-46(20-5-1)49-23-14-25-51(43-49)52-26-16-32-57(45-52)66(56-41-39-47(40-42-56)50-24-15-27-53(44-50)59-35-17-22-48-21-10-11-33-58(48)59)63-38-18-37-62-64(63)60-34-12-13-36-61(60)65(62,54-28-6-2-7-29-54)55-30-8-3-9-31-55/h1-45H. The van der Waals surface area contributed by atoms with Crippen molar-refractivity contribution in [2.24, 2.45) is 0 Å². The Bertz CT molecular complexity index is 3470. The smallest absolute Gasteiger partial charge is 0.0714 e. The van der Waals surface area contributed by atoms with Crippen LogP contribution in [0.5, 0.6) is 0 Å². The highest BCUT2D eigenvalue weighted by Gasteiger charge is 2.47. The molecular formula is C65H45N. The van der Waals surface area contributed by atoms with Crippen molar-refractivity contribution in [3.8, 4) is 55.6 Å². The van der Waals surface area contributed by atoms with Crippen molar-refractivity contribution in [2.45, 2.75) is 5.41 Å². The van der Waals surface area contributed by atoms with Gasteiger partial charge in [-0.1, -0.05) is 231 Å². The summed E-state index contributed by atoms with van der Waals surface area (Å²) in [5.41, 5.74) is 19.9. The summed E-state index contributed by atoms with van der Waals surface area (Å²) in [5, 5.41) is 2.51. The lowest BCUT2D eigenvalue weighted by Gasteiger charge is -2.34. The normalized spacial score (nSPS) is 12.4. The van der Waals surface area contributed by atoms with Crippen molar-refractivity contribution in [1.29, 1.82) is 0 Å². The lowest BCUT2D eigenvalue weighted by atomic mass is 9.68. The van der Waals surface area contributed by atoms with Crippen molar-refractivity contribution in [3.63, 3.8) is 0 Å². The zero-order valence-electron chi connectivity index (χ0n) is 36.4. The third kappa shape index (κ3) is 6.64. The van der Waals surface area contributed by atoms with Crippen LogP contribution in [-0.2, 0) is 5.41 Å². The van der Waals surface area contributed by atoms with Crippen LogP contribution in [0.3, 0.4) is 0 Å². The molecule has 0 N–H and O–H groups in total. The average Bonchev–Trinajstić information content (AvgIpc) is 3.71. The first-order chi connectivity index (χ1) is 32.7. The third-order valence-electron chi connectivity index (χ3n) is 13.5. The molecule has 0 saturated heterocycles. The molecule has 0 spiro atoms. The third-order valence-corrected chi connectivity index (χ3v) is 13.5. The molecular weight excluding hydrogens is 795 g/mol. The topological polar surface area (TPSA) is 3.24 Å². The summed E-state index contributed by atoms with van der Waals surface area (Å²) in [6.45, 7) is 0. The van der Waals surface area contributed by atoms with E-state index >= 15 is 0 Å². The molecule has 0 unspecified atom stereocenters. The van der Waals surface area contributed by atoms with Crippen LogP contribution in [0.4, 0.5) is 17.1 Å².